The first-order valence-electron chi connectivity index (χ1n) is 7.21. The fourth-order valence-corrected chi connectivity index (χ4v) is 2.51. The lowest BCUT2D eigenvalue weighted by molar-refractivity contribution is -0.123. The van der Waals surface area contributed by atoms with E-state index in [9.17, 15) is 4.79 Å². The van der Waals surface area contributed by atoms with Gasteiger partial charge >= 0.3 is 0 Å². The van der Waals surface area contributed by atoms with Crippen molar-refractivity contribution in [1.82, 2.24) is 5.32 Å². The minimum atomic E-state index is -0.231. The maximum Gasteiger partial charge on any atom is 0.220 e. The van der Waals surface area contributed by atoms with Crippen LogP contribution < -0.4 is 15.8 Å². The summed E-state index contributed by atoms with van der Waals surface area (Å²) in [6.45, 7) is 2.55. The van der Waals surface area contributed by atoms with Gasteiger partial charge in [0.25, 0.3) is 0 Å². The largest absolute Gasteiger partial charge is 0.497 e. The molecule has 1 aromatic rings. The molecule has 1 fully saturated rings. The Morgan fingerprint density at radius 2 is 2.19 bits per heavy atom. The molecule has 118 valence electrons. The van der Waals surface area contributed by atoms with Gasteiger partial charge in [0.2, 0.25) is 5.91 Å². The van der Waals surface area contributed by atoms with Crippen LogP contribution >= 0.6 is 12.4 Å². The molecule has 0 bridgehead atoms. The van der Waals surface area contributed by atoms with Crippen LogP contribution in [0.15, 0.2) is 24.3 Å². The summed E-state index contributed by atoms with van der Waals surface area (Å²) >= 11 is 0. The smallest absolute Gasteiger partial charge is 0.220 e. The number of aryl methyl sites for hydroxylation is 1. The molecule has 0 heterocycles. The van der Waals surface area contributed by atoms with Crippen LogP contribution in [-0.2, 0) is 11.2 Å². The van der Waals surface area contributed by atoms with Crippen molar-refractivity contribution in [3.05, 3.63) is 29.8 Å². The monoisotopic (exact) mass is 312 g/mol. The number of methoxy groups -OCH3 is 1. The molecule has 0 aliphatic heterocycles. The summed E-state index contributed by atoms with van der Waals surface area (Å²) in [5.41, 5.74) is 6.69. The van der Waals surface area contributed by atoms with Gasteiger partial charge in [0.15, 0.2) is 0 Å². The second-order valence-corrected chi connectivity index (χ2v) is 5.80. The summed E-state index contributed by atoms with van der Waals surface area (Å²) in [5.74, 6) is 1.45. The number of hydrogen-bond acceptors (Lipinski definition) is 3. The summed E-state index contributed by atoms with van der Waals surface area (Å²) < 4.78 is 5.18. The van der Waals surface area contributed by atoms with Gasteiger partial charge in [-0.1, -0.05) is 12.1 Å². The minimum absolute atomic E-state index is 0. The zero-order chi connectivity index (χ0) is 14.6. The van der Waals surface area contributed by atoms with Crippen molar-refractivity contribution in [2.24, 2.45) is 11.7 Å². The zero-order valence-electron chi connectivity index (χ0n) is 12.7. The topological polar surface area (TPSA) is 64.3 Å². The number of nitrogens with one attached hydrogen (secondary N) is 1. The number of amides is 1. The molecular weight excluding hydrogens is 288 g/mol. The van der Waals surface area contributed by atoms with E-state index in [0.29, 0.717) is 25.3 Å². The molecule has 1 aliphatic carbocycles. The van der Waals surface area contributed by atoms with Crippen molar-refractivity contribution in [3.63, 3.8) is 0 Å². The van der Waals surface area contributed by atoms with Gasteiger partial charge < -0.3 is 15.8 Å². The molecule has 21 heavy (non-hydrogen) atoms. The number of hydrogen-bond donors (Lipinski definition) is 2. The second kappa shape index (κ2) is 7.66. The maximum atomic E-state index is 12.1. The molecule has 1 aromatic carbocycles. The van der Waals surface area contributed by atoms with Crippen LogP contribution in [0, 0.1) is 5.92 Å². The van der Waals surface area contributed by atoms with E-state index in [2.05, 4.69) is 5.32 Å². The molecule has 0 aromatic heterocycles. The van der Waals surface area contributed by atoms with Crippen LogP contribution in [0.5, 0.6) is 5.75 Å². The molecule has 1 amide bonds. The number of ether oxygens (including phenoxy) is 1. The third kappa shape index (κ3) is 4.90. The highest BCUT2D eigenvalue weighted by Gasteiger charge is 2.41. The van der Waals surface area contributed by atoms with E-state index >= 15 is 0 Å². The normalized spacial score (nSPS) is 16.5. The Balaban J connectivity index is 0.00000220. The Kier molecular flexibility index (Phi) is 6.49. The molecule has 1 saturated carbocycles. The third-order valence-electron chi connectivity index (χ3n) is 4.10. The molecule has 3 N–H and O–H groups in total. The molecule has 0 saturated heterocycles. The van der Waals surface area contributed by atoms with Crippen molar-refractivity contribution in [2.75, 3.05) is 13.7 Å². The first-order valence-corrected chi connectivity index (χ1v) is 7.21. The van der Waals surface area contributed by atoms with Gasteiger partial charge in [-0.2, -0.15) is 0 Å². The fraction of sp³-hybridized carbons (Fsp3) is 0.562. The van der Waals surface area contributed by atoms with Crippen molar-refractivity contribution in [3.8, 4) is 5.75 Å². The van der Waals surface area contributed by atoms with E-state index in [4.69, 9.17) is 10.5 Å². The first-order chi connectivity index (χ1) is 9.57. The fourth-order valence-electron chi connectivity index (χ4n) is 2.51. The molecule has 1 aliphatic rings. The van der Waals surface area contributed by atoms with Crippen LogP contribution in [0.4, 0.5) is 0 Å². The number of carbonyl (C=O) groups is 1. The quantitative estimate of drug-likeness (QED) is 0.812. The third-order valence-corrected chi connectivity index (χ3v) is 4.10. The van der Waals surface area contributed by atoms with Gasteiger partial charge in [-0.15, -0.1) is 12.4 Å². The number of rotatable bonds is 7. The Hall–Kier alpha value is -1.26. The Labute approximate surface area is 132 Å². The molecule has 5 heteroatoms. The minimum Gasteiger partial charge on any atom is -0.497 e. The van der Waals surface area contributed by atoms with E-state index in [1.165, 1.54) is 12.8 Å². The highest BCUT2D eigenvalue weighted by Crippen LogP contribution is 2.39. The van der Waals surface area contributed by atoms with Crippen molar-refractivity contribution in [2.45, 2.75) is 38.1 Å². The number of nitrogens with two attached hydrogens (primary N) is 1. The molecule has 0 spiro atoms. The molecule has 0 radical (unpaired) electrons. The molecule has 2 rings (SSSR count). The average molecular weight is 313 g/mol. The molecule has 1 atom stereocenters. The van der Waals surface area contributed by atoms with Gasteiger partial charge in [-0.05, 0) is 49.8 Å². The van der Waals surface area contributed by atoms with E-state index < -0.39 is 0 Å². The summed E-state index contributed by atoms with van der Waals surface area (Å²) in [6, 6.07) is 7.83. The summed E-state index contributed by atoms with van der Waals surface area (Å²) in [4.78, 5) is 12.1. The van der Waals surface area contributed by atoms with Crippen molar-refractivity contribution in [1.29, 1.82) is 0 Å². The predicted molar refractivity (Wildman–Crippen MR) is 86.9 cm³/mol. The number of halogens is 1. The highest BCUT2D eigenvalue weighted by atomic mass is 35.5. The second-order valence-electron chi connectivity index (χ2n) is 5.80. The number of carbonyl (C=O) groups excluding carboxylic acids is 1. The summed E-state index contributed by atoms with van der Waals surface area (Å²) in [6.07, 6.45) is 3.54. The van der Waals surface area contributed by atoms with Gasteiger partial charge in [0, 0.05) is 13.0 Å². The van der Waals surface area contributed by atoms with Crippen molar-refractivity contribution >= 4 is 18.3 Å². The van der Waals surface area contributed by atoms with E-state index in [-0.39, 0.29) is 23.9 Å². The molecule has 4 nitrogen and oxygen atoms in total. The van der Waals surface area contributed by atoms with E-state index in [1.54, 1.807) is 7.11 Å². The van der Waals surface area contributed by atoms with Crippen LogP contribution in [0.25, 0.3) is 0 Å². The standard InChI is InChI=1S/C16H24N2O2.ClH/c1-16(11-17,13-7-8-13)18-15(19)9-6-12-4-3-5-14(10-12)20-2;/h3-5,10,13H,6-9,11,17H2,1-2H3,(H,18,19);1H. The Bertz CT molecular complexity index is 477. The number of benzene rings is 1. The lowest BCUT2D eigenvalue weighted by atomic mass is 9.95. The SMILES string of the molecule is COc1cccc(CCC(=O)NC(C)(CN)C2CC2)c1.Cl. The first kappa shape index (κ1) is 17.8. The van der Waals surface area contributed by atoms with Crippen LogP contribution in [0.2, 0.25) is 0 Å². The maximum absolute atomic E-state index is 12.1. The summed E-state index contributed by atoms with van der Waals surface area (Å²) in [5, 5.41) is 3.11. The van der Waals surface area contributed by atoms with Gasteiger partial charge in [-0.25, -0.2) is 0 Å². The Morgan fingerprint density at radius 3 is 2.76 bits per heavy atom. The van der Waals surface area contributed by atoms with Crippen LogP contribution in [0.1, 0.15) is 31.7 Å². The van der Waals surface area contributed by atoms with Gasteiger partial charge in [0.1, 0.15) is 5.75 Å². The molecule has 1 unspecified atom stereocenters. The molecular formula is C16H25ClN2O2. The zero-order valence-corrected chi connectivity index (χ0v) is 13.5. The predicted octanol–water partition coefficient (Wildman–Crippen LogP) is 2.29. The lowest BCUT2D eigenvalue weighted by Gasteiger charge is -2.29. The van der Waals surface area contributed by atoms with Gasteiger partial charge in [-0.3, -0.25) is 4.79 Å². The Morgan fingerprint density at radius 1 is 1.48 bits per heavy atom. The van der Waals surface area contributed by atoms with E-state index in [0.717, 1.165) is 11.3 Å². The van der Waals surface area contributed by atoms with Crippen LogP contribution in [-0.4, -0.2) is 25.1 Å². The van der Waals surface area contributed by atoms with E-state index in [1.807, 2.05) is 31.2 Å². The van der Waals surface area contributed by atoms with Crippen molar-refractivity contribution < 1.29 is 9.53 Å². The summed E-state index contributed by atoms with van der Waals surface area (Å²) in [7, 11) is 1.65. The highest BCUT2D eigenvalue weighted by molar-refractivity contribution is 5.85. The average Bonchev–Trinajstić information content (AvgIpc) is 3.30. The van der Waals surface area contributed by atoms with Gasteiger partial charge in [0.05, 0.1) is 12.6 Å². The lowest BCUT2D eigenvalue weighted by Crippen LogP contribution is -2.53. The van der Waals surface area contributed by atoms with Crippen LogP contribution in [0.3, 0.4) is 0 Å².